The van der Waals surface area contributed by atoms with Crippen molar-refractivity contribution in [3.8, 4) is 16.9 Å². The number of aliphatic hydroxyl groups excluding tert-OH is 2. The first-order valence-electron chi connectivity index (χ1n) is 11.7. The quantitative estimate of drug-likeness (QED) is 0.516. The van der Waals surface area contributed by atoms with Crippen LogP contribution in [0.2, 0.25) is 0 Å². The van der Waals surface area contributed by atoms with Gasteiger partial charge in [-0.25, -0.2) is 4.98 Å². The van der Waals surface area contributed by atoms with Crippen molar-refractivity contribution in [2.24, 2.45) is 0 Å². The van der Waals surface area contributed by atoms with Crippen molar-refractivity contribution >= 4 is 6.08 Å². The number of piperidine rings is 1. The topological polar surface area (TPSA) is 70.8 Å². The van der Waals surface area contributed by atoms with Crippen LogP contribution >= 0.6 is 0 Å². The molecule has 1 aliphatic rings. The molecule has 1 aromatic heterocycles. The van der Waals surface area contributed by atoms with Gasteiger partial charge in [-0.15, -0.1) is 0 Å². The standard InChI is InChI=1S/C27H33N3O3/c1-21(32)27-28-14-18-30(27)15-2-3-22-4-6-23(7-5-22)24-8-10-25(11-9-24)33-26-12-16-29(17-13-26)19-20-31/h2-11,14,18,21,26,31-32H,12-13,15-17,19-20H2,1H3/b3-2+. The molecular formula is C27H33N3O3. The molecule has 1 fully saturated rings. The van der Waals surface area contributed by atoms with E-state index in [1.165, 1.54) is 5.56 Å². The van der Waals surface area contributed by atoms with E-state index in [4.69, 9.17) is 9.84 Å². The summed E-state index contributed by atoms with van der Waals surface area (Å²) in [5.74, 6) is 1.59. The number of nitrogens with zero attached hydrogens (tertiary/aromatic N) is 3. The zero-order valence-corrected chi connectivity index (χ0v) is 19.2. The Labute approximate surface area is 195 Å². The molecule has 1 atom stereocenters. The first-order valence-corrected chi connectivity index (χ1v) is 11.7. The lowest BCUT2D eigenvalue weighted by Crippen LogP contribution is -2.39. The zero-order chi connectivity index (χ0) is 23.0. The van der Waals surface area contributed by atoms with Crippen LogP contribution in [-0.2, 0) is 6.54 Å². The second-order valence-electron chi connectivity index (χ2n) is 8.54. The van der Waals surface area contributed by atoms with Crippen LogP contribution in [0, 0.1) is 0 Å². The van der Waals surface area contributed by atoms with E-state index < -0.39 is 6.10 Å². The molecule has 1 saturated heterocycles. The van der Waals surface area contributed by atoms with Crippen molar-refractivity contribution in [3.63, 3.8) is 0 Å². The summed E-state index contributed by atoms with van der Waals surface area (Å²) >= 11 is 0. The first kappa shape index (κ1) is 23.2. The van der Waals surface area contributed by atoms with Gasteiger partial charge in [-0.05, 0) is 48.6 Å². The summed E-state index contributed by atoms with van der Waals surface area (Å²) in [6.07, 6.45) is 9.41. The number of imidazole rings is 1. The van der Waals surface area contributed by atoms with Crippen molar-refractivity contribution < 1.29 is 14.9 Å². The van der Waals surface area contributed by atoms with Gasteiger partial charge < -0.3 is 24.4 Å². The number of rotatable bonds is 9. The van der Waals surface area contributed by atoms with Crippen LogP contribution < -0.4 is 4.74 Å². The highest BCUT2D eigenvalue weighted by molar-refractivity contribution is 5.66. The molecule has 3 aromatic rings. The Balaban J connectivity index is 1.30. The van der Waals surface area contributed by atoms with Gasteiger partial charge in [0, 0.05) is 38.6 Å². The van der Waals surface area contributed by atoms with Crippen molar-refractivity contribution in [1.29, 1.82) is 0 Å². The van der Waals surface area contributed by atoms with Gasteiger partial charge in [-0.1, -0.05) is 48.6 Å². The largest absolute Gasteiger partial charge is 0.490 e. The zero-order valence-electron chi connectivity index (χ0n) is 19.2. The summed E-state index contributed by atoms with van der Waals surface area (Å²) in [5, 5.41) is 18.8. The second-order valence-corrected chi connectivity index (χ2v) is 8.54. The van der Waals surface area contributed by atoms with Crippen LogP contribution in [0.4, 0.5) is 0 Å². The smallest absolute Gasteiger partial charge is 0.137 e. The number of hydrogen-bond acceptors (Lipinski definition) is 5. The SMILES string of the molecule is CC(O)c1nccn1C/C=C/c1ccc(-c2ccc(OC3CCN(CCO)CC3)cc2)cc1. The average Bonchev–Trinajstić information content (AvgIpc) is 3.31. The van der Waals surface area contributed by atoms with Gasteiger partial charge in [0.15, 0.2) is 0 Å². The molecule has 0 saturated carbocycles. The lowest BCUT2D eigenvalue weighted by atomic mass is 10.0. The summed E-state index contributed by atoms with van der Waals surface area (Å²) in [6.45, 7) is 5.33. The van der Waals surface area contributed by atoms with Gasteiger partial charge in [0.2, 0.25) is 0 Å². The molecule has 2 heterocycles. The highest BCUT2D eigenvalue weighted by Gasteiger charge is 2.20. The van der Waals surface area contributed by atoms with E-state index >= 15 is 0 Å². The number of ether oxygens (including phenoxy) is 1. The van der Waals surface area contributed by atoms with E-state index in [2.05, 4.69) is 58.4 Å². The Morgan fingerprint density at radius 1 is 1.06 bits per heavy atom. The minimum absolute atomic E-state index is 0.223. The lowest BCUT2D eigenvalue weighted by Gasteiger charge is -2.31. The van der Waals surface area contributed by atoms with Crippen LogP contribution in [0.1, 0.15) is 37.3 Å². The molecule has 174 valence electrons. The maximum absolute atomic E-state index is 9.75. The number of benzene rings is 2. The van der Waals surface area contributed by atoms with Crippen molar-refractivity contribution in [3.05, 3.63) is 78.4 Å². The van der Waals surface area contributed by atoms with Crippen LogP contribution in [-0.4, -0.2) is 57.0 Å². The predicted octanol–water partition coefficient (Wildman–Crippen LogP) is 4.15. The van der Waals surface area contributed by atoms with E-state index in [1.54, 1.807) is 13.1 Å². The van der Waals surface area contributed by atoms with Crippen LogP contribution in [0.3, 0.4) is 0 Å². The molecule has 0 aliphatic carbocycles. The third-order valence-electron chi connectivity index (χ3n) is 6.09. The maximum atomic E-state index is 9.75. The molecule has 1 unspecified atom stereocenters. The molecule has 1 aliphatic heterocycles. The number of hydrogen-bond donors (Lipinski definition) is 2. The number of aliphatic hydroxyl groups is 2. The van der Waals surface area contributed by atoms with E-state index in [0.29, 0.717) is 12.4 Å². The van der Waals surface area contributed by atoms with E-state index in [0.717, 1.165) is 49.4 Å². The average molecular weight is 448 g/mol. The summed E-state index contributed by atoms with van der Waals surface area (Å²) < 4.78 is 8.11. The van der Waals surface area contributed by atoms with Crippen molar-refractivity contribution in [1.82, 2.24) is 14.5 Å². The molecule has 0 amide bonds. The highest BCUT2D eigenvalue weighted by Crippen LogP contribution is 2.25. The minimum atomic E-state index is -0.575. The Morgan fingerprint density at radius 2 is 1.73 bits per heavy atom. The first-order chi connectivity index (χ1) is 16.1. The van der Waals surface area contributed by atoms with E-state index in [9.17, 15) is 5.11 Å². The van der Waals surface area contributed by atoms with Crippen LogP contribution in [0.25, 0.3) is 17.2 Å². The fraction of sp³-hybridized carbons (Fsp3) is 0.370. The molecule has 6 nitrogen and oxygen atoms in total. The molecule has 2 N–H and O–H groups in total. The molecule has 0 spiro atoms. The Hall–Kier alpha value is -2.93. The predicted molar refractivity (Wildman–Crippen MR) is 131 cm³/mol. The van der Waals surface area contributed by atoms with Gasteiger partial charge in [0.1, 0.15) is 23.8 Å². The fourth-order valence-corrected chi connectivity index (χ4v) is 4.24. The van der Waals surface area contributed by atoms with Crippen LogP contribution in [0.15, 0.2) is 67.0 Å². The third-order valence-corrected chi connectivity index (χ3v) is 6.09. The maximum Gasteiger partial charge on any atom is 0.137 e. The summed E-state index contributed by atoms with van der Waals surface area (Å²) in [5.41, 5.74) is 3.46. The molecule has 0 bridgehead atoms. The normalized spacial score (nSPS) is 16.3. The molecular weight excluding hydrogens is 414 g/mol. The Bertz CT molecular complexity index is 1020. The fourth-order valence-electron chi connectivity index (χ4n) is 4.24. The van der Waals surface area contributed by atoms with E-state index in [-0.39, 0.29) is 12.7 Å². The second kappa shape index (κ2) is 11.3. The molecule has 0 radical (unpaired) electrons. The Kier molecular flexibility index (Phi) is 7.94. The number of allylic oxidation sites excluding steroid dienone is 1. The summed E-state index contributed by atoms with van der Waals surface area (Å²) in [7, 11) is 0. The highest BCUT2D eigenvalue weighted by atomic mass is 16.5. The van der Waals surface area contributed by atoms with Gasteiger partial charge in [-0.2, -0.15) is 0 Å². The number of likely N-dealkylation sites (tertiary alicyclic amines) is 1. The number of aromatic nitrogens is 2. The van der Waals surface area contributed by atoms with Gasteiger partial charge in [-0.3, -0.25) is 0 Å². The van der Waals surface area contributed by atoms with Crippen molar-refractivity contribution in [2.75, 3.05) is 26.2 Å². The molecule has 6 heteroatoms. The van der Waals surface area contributed by atoms with Crippen molar-refractivity contribution in [2.45, 2.75) is 38.5 Å². The molecule has 2 aromatic carbocycles. The summed E-state index contributed by atoms with van der Waals surface area (Å²) in [6, 6.07) is 16.8. The van der Waals surface area contributed by atoms with Gasteiger partial charge in [0.05, 0.1) is 6.61 Å². The summed E-state index contributed by atoms with van der Waals surface area (Å²) in [4.78, 5) is 6.48. The van der Waals surface area contributed by atoms with E-state index in [1.807, 2.05) is 22.9 Å². The molecule has 33 heavy (non-hydrogen) atoms. The van der Waals surface area contributed by atoms with Gasteiger partial charge >= 0.3 is 0 Å². The lowest BCUT2D eigenvalue weighted by molar-refractivity contribution is 0.0889. The molecule has 4 rings (SSSR count). The van der Waals surface area contributed by atoms with Crippen LogP contribution in [0.5, 0.6) is 5.75 Å². The van der Waals surface area contributed by atoms with Gasteiger partial charge in [0.25, 0.3) is 0 Å². The Morgan fingerprint density at radius 3 is 2.36 bits per heavy atom. The number of β-amino-alcohol motifs (C(OH)–C–C–N with tert-alkyl or cyclic N) is 1. The minimum Gasteiger partial charge on any atom is -0.490 e. The monoisotopic (exact) mass is 447 g/mol. The third kappa shape index (κ3) is 6.32.